The SMILES string of the molecule is C=CC[C@]12CC[C@@H]3C(CC[C@]4(C)C(=O)CCC34)[C@H]1C[C@H](C)[C@H](C)C2. The molecule has 4 rings (SSSR count). The number of Topliss-reactive ketones (excluding diaryl/α,β-unsaturated/α-hetero) is 1. The fourth-order valence-corrected chi connectivity index (χ4v) is 7.87. The van der Waals surface area contributed by atoms with Crippen LogP contribution in [-0.4, -0.2) is 5.78 Å². The zero-order valence-electron chi connectivity index (χ0n) is 16.0. The summed E-state index contributed by atoms with van der Waals surface area (Å²) in [6.45, 7) is 11.4. The van der Waals surface area contributed by atoms with Gasteiger partial charge in [-0.2, -0.15) is 0 Å². The normalized spacial score (nSPS) is 53.9. The van der Waals surface area contributed by atoms with Crippen molar-refractivity contribution in [1.29, 1.82) is 0 Å². The Balaban J connectivity index is 1.65. The average molecular weight is 329 g/mol. The van der Waals surface area contributed by atoms with Crippen molar-refractivity contribution in [2.24, 2.45) is 46.3 Å². The van der Waals surface area contributed by atoms with Crippen molar-refractivity contribution in [1.82, 2.24) is 0 Å². The molecule has 1 heteroatoms. The number of hydrogen-bond acceptors (Lipinski definition) is 1. The lowest BCUT2D eigenvalue weighted by molar-refractivity contribution is -0.139. The van der Waals surface area contributed by atoms with Gasteiger partial charge in [-0.05, 0) is 92.3 Å². The molecule has 4 saturated carbocycles. The maximum atomic E-state index is 12.5. The highest BCUT2D eigenvalue weighted by atomic mass is 16.1. The zero-order valence-corrected chi connectivity index (χ0v) is 16.0. The summed E-state index contributed by atoms with van der Waals surface area (Å²) in [7, 11) is 0. The van der Waals surface area contributed by atoms with Crippen molar-refractivity contribution in [2.45, 2.75) is 78.6 Å². The van der Waals surface area contributed by atoms with Gasteiger partial charge in [0.1, 0.15) is 5.78 Å². The van der Waals surface area contributed by atoms with Crippen LogP contribution in [0.15, 0.2) is 12.7 Å². The van der Waals surface area contributed by atoms with Crippen LogP contribution in [-0.2, 0) is 4.79 Å². The van der Waals surface area contributed by atoms with Crippen LogP contribution in [0, 0.1) is 46.3 Å². The third-order valence-corrected chi connectivity index (χ3v) is 9.36. The molecule has 24 heavy (non-hydrogen) atoms. The van der Waals surface area contributed by atoms with E-state index in [0.29, 0.717) is 17.1 Å². The van der Waals surface area contributed by atoms with E-state index in [1.807, 2.05) is 0 Å². The first-order valence-corrected chi connectivity index (χ1v) is 10.6. The van der Waals surface area contributed by atoms with Crippen LogP contribution in [0.25, 0.3) is 0 Å². The van der Waals surface area contributed by atoms with Crippen LogP contribution >= 0.6 is 0 Å². The van der Waals surface area contributed by atoms with Crippen LogP contribution in [0.2, 0.25) is 0 Å². The summed E-state index contributed by atoms with van der Waals surface area (Å²) in [5.41, 5.74) is 0.568. The van der Waals surface area contributed by atoms with E-state index in [9.17, 15) is 4.79 Å². The van der Waals surface area contributed by atoms with E-state index < -0.39 is 0 Å². The Morgan fingerprint density at radius 2 is 1.79 bits per heavy atom. The predicted octanol–water partition coefficient (Wildman–Crippen LogP) is 6.04. The van der Waals surface area contributed by atoms with Gasteiger partial charge in [-0.1, -0.05) is 26.8 Å². The van der Waals surface area contributed by atoms with Gasteiger partial charge in [0, 0.05) is 11.8 Å². The van der Waals surface area contributed by atoms with E-state index in [-0.39, 0.29) is 5.41 Å². The van der Waals surface area contributed by atoms with Gasteiger partial charge in [0.05, 0.1) is 0 Å². The molecule has 0 aromatic heterocycles. The van der Waals surface area contributed by atoms with Crippen LogP contribution in [0.3, 0.4) is 0 Å². The molecule has 0 aliphatic heterocycles. The summed E-state index contributed by atoms with van der Waals surface area (Å²) in [5, 5.41) is 0. The standard InChI is InChI=1S/C23H36O/c1-5-10-23-12-9-17-18(20(23)13-15(2)16(3)14-23)8-11-22(4)19(17)6-7-21(22)24/h5,15-20H,1,6-14H2,2-4H3/t15-,16+,17+,18?,19?,20+,22-,23+/m0/s1. The van der Waals surface area contributed by atoms with E-state index in [0.717, 1.165) is 36.0 Å². The second kappa shape index (κ2) is 5.71. The van der Waals surface area contributed by atoms with E-state index in [1.54, 1.807) is 0 Å². The molecule has 0 aromatic carbocycles. The first kappa shape index (κ1) is 16.9. The van der Waals surface area contributed by atoms with Gasteiger partial charge in [-0.3, -0.25) is 4.79 Å². The smallest absolute Gasteiger partial charge is 0.139 e. The highest BCUT2D eigenvalue weighted by molar-refractivity contribution is 5.87. The first-order chi connectivity index (χ1) is 11.4. The number of carbonyl (C=O) groups excluding carboxylic acids is 1. The highest BCUT2D eigenvalue weighted by Crippen LogP contribution is 2.66. The third-order valence-electron chi connectivity index (χ3n) is 9.36. The monoisotopic (exact) mass is 328 g/mol. The Morgan fingerprint density at radius 3 is 2.54 bits per heavy atom. The minimum Gasteiger partial charge on any atom is -0.299 e. The lowest BCUT2D eigenvalue weighted by atomic mass is 9.44. The molecular weight excluding hydrogens is 292 g/mol. The summed E-state index contributed by atoms with van der Waals surface area (Å²) < 4.78 is 0. The Bertz CT molecular complexity index is 536. The second-order valence-electron chi connectivity index (χ2n) is 10.2. The predicted molar refractivity (Wildman–Crippen MR) is 99.6 cm³/mol. The summed E-state index contributed by atoms with van der Waals surface area (Å²) in [6.07, 6.45) is 13.6. The molecule has 0 amide bonds. The van der Waals surface area contributed by atoms with Gasteiger partial charge in [-0.15, -0.1) is 6.58 Å². The average Bonchev–Trinajstić information content (AvgIpc) is 2.85. The molecule has 4 fully saturated rings. The number of fused-ring (bicyclic) bond motifs is 5. The molecule has 0 spiro atoms. The molecule has 0 aromatic rings. The molecule has 0 bridgehead atoms. The molecule has 8 atom stereocenters. The van der Waals surface area contributed by atoms with E-state index in [4.69, 9.17) is 0 Å². The lowest BCUT2D eigenvalue weighted by Gasteiger charge is -2.61. The summed E-state index contributed by atoms with van der Waals surface area (Å²) >= 11 is 0. The topological polar surface area (TPSA) is 17.1 Å². The number of carbonyl (C=O) groups is 1. The van der Waals surface area contributed by atoms with Gasteiger partial charge in [0.2, 0.25) is 0 Å². The summed E-state index contributed by atoms with van der Waals surface area (Å²) in [6, 6.07) is 0. The van der Waals surface area contributed by atoms with Gasteiger partial charge in [0.15, 0.2) is 0 Å². The second-order valence-corrected chi connectivity index (χ2v) is 10.2. The first-order valence-electron chi connectivity index (χ1n) is 10.6. The number of rotatable bonds is 2. The molecule has 0 heterocycles. The fraction of sp³-hybridized carbons (Fsp3) is 0.870. The van der Waals surface area contributed by atoms with Crippen LogP contribution in [0.1, 0.15) is 78.6 Å². The van der Waals surface area contributed by atoms with Crippen molar-refractivity contribution >= 4 is 5.78 Å². The number of hydrogen-bond donors (Lipinski definition) is 0. The molecule has 0 N–H and O–H groups in total. The van der Waals surface area contributed by atoms with E-state index in [2.05, 4.69) is 33.4 Å². The van der Waals surface area contributed by atoms with Crippen LogP contribution < -0.4 is 0 Å². The van der Waals surface area contributed by atoms with Gasteiger partial charge >= 0.3 is 0 Å². The number of allylic oxidation sites excluding steroid dienone is 1. The molecular formula is C23H36O. The maximum absolute atomic E-state index is 12.5. The Labute approximate surface area is 148 Å². The van der Waals surface area contributed by atoms with Crippen molar-refractivity contribution in [3.05, 3.63) is 12.7 Å². The van der Waals surface area contributed by atoms with Crippen molar-refractivity contribution in [2.75, 3.05) is 0 Å². The number of ketones is 1. The van der Waals surface area contributed by atoms with Crippen LogP contribution in [0.5, 0.6) is 0 Å². The van der Waals surface area contributed by atoms with Gasteiger partial charge < -0.3 is 0 Å². The Morgan fingerprint density at radius 1 is 1.08 bits per heavy atom. The molecule has 2 unspecified atom stereocenters. The minimum absolute atomic E-state index is 0.0349. The quantitative estimate of drug-likeness (QED) is 0.565. The highest BCUT2D eigenvalue weighted by Gasteiger charge is 2.60. The lowest BCUT2D eigenvalue weighted by Crippen LogP contribution is -2.53. The Kier molecular flexibility index (Phi) is 4.01. The molecule has 1 nitrogen and oxygen atoms in total. The maximum Gasteiger partial charge on any atom is 0.139 e. The minimum atomic E-state index is 0.0349. The van der Waals surface area contributed by atoms with Crippen LogP contribution in [0.4, 0.5) is 0 Å². The van der Waals surface area contributed by atoms with Gasteiger partial charge in [0.25, 0.3) is 0 Å². The van der Waals surface area contributed by atoms with Crippen molar-refractivity contribution in [3.8, 4) is 0 Å². The Hall–Kier alpha value is -0.590. The van der Waals surface area contributed by atoms with E-state index in [1.165, 1.54) is 51.4 Å². The summed E-state index contributed by atoms with van der Waals surface area (Å²) in [5.74, 6) is 5.61. The largest absolute Gasteiger partial charge is 0.299 e. The van der Waals surface area contributed by atoms with Crippen molar-refractivity contribution in [3.63, 3.8) is 0 Å². The molecule has 4 aliphatic carbocycles. The molecule has 4 aliphatic rings. The zero-order chi connectivity index (χ0) is 17.1. The molecule has 134 valence electrons. The third kappa shape index (κ3) is 2.22. The fourth-order valence-electron chi connectivity index (χ4n) is 7.87. The van der Waals surface area contributed by atoms with Gasteiger partial charge in [-0.25, -0.2) is 0 Å². The molecule has 0 radical (unpaired) electrons. The van der Waals surface area contributed by atoms with Crippen molar-refractivity contribution < 1.29 is 4.79 Å². The van der Waals surface area contributed by atoms with E-state index >= 15 is 0 Å². The summed E-state index contributed by atoms with van der Waals surface area (Å²) in [4.78, 5) is 12.5. The molecule has 0 saturated heterocycles.